The van der Waals surface area contributed by atoms with Crippen molar-refractivity contribution in [2.75, 3.05) is 6.61 Å². The number of hydrogen-bond donors (Lipinski definition) is 3. The van der Waals surface area contributed by atoms with Crippen LogP contribution in [-0.2, 0) is 18.0 Å². The van der Waals surface area contributed by atoms with E-state index in [0.717, 1.165) is 18.4 Å². The van der Waals surface area contributed by atoms with Crippen LogP contribution >= 0.6 is 15.6 Å². The molecular formula is C20H36O7P2. The number of phosphoric acid groups is 2. The van der Waals surface area contributed by atoms with E-state index in [9.17, 15) is 14.0 Å². The Morgan fingerprint density at radius 1 is 0.828 bits per heavy atom. The van der Waals surface area contributed by atoms with Gasteiger partial charge in [0.2, 0.25) is 0 Å². The Bertz CT molecular complexity index is 805. The van der Waals surface area contributed by atoms with Gasteiger partial charge in [-0.1, -0.05) is 46.6 Å². The van der Waals surface area contributed by atoms with Crippen LogP contribution in [0.1, 0.15) is 77.2 Å². The van der Waals surface area contributed by atoms with Crippen molar-refractivity contribution >= 4 is 15.6 Å². The van der Waals surface area contributed by atoms with Gasteiger partial charge in [-0.25, -0.2) is 9.13 Å². The predicted molar refractivity (Wildman–Crippen MR) is 117 cm³/mol. The molecule has 0 aromatic heterocycles. The van der Waals surface area contributed by atoms with Crippen LogP contribution in [0, 0.1) is 0 Å². The topological polar surface area (TPSA) is 113 Å². The lowest BCUT2D eigenvalue weighted by atomic mass is 10.0. The normalized spacial score (nSPS) is 17.9. The number of rotatable bonds is 14. The van der Waals surface area contributed by atoms with Crippen LogP contribution in [0.25, 0.3) is 0 Å². The van der Waals surface area contributed by atoms with Crippen LogP contribution in [0.15, 0.2) is 46.6 Å². The van der Waals surface area contributed by atoms with Gasteiger partial charge in [0, 0.05) is 4.11 Å². The summed E-state index contributed by atoms with van der Waals surface area (Å²) < 4.78 is 53.3. The molecule has 0 aliphatic carbocycles. The fourth-order valence-corrected chi connectivity index (χ4v) is 3.80. The van der Waals surface area contributed by atoms with Gasteiger partial charge in [0.25, 0.3) is 0 Å². The summed E-state index contributed by atoms with van der Waals surface area (Å²) in [7, 11) is -10.0. The zero-order chi connectivity index (χ0) is 25.0. The highest BCUT2D eigenvalue weighted by Gasteiger charge is 2.31. The van der Waals surface area contributed by atoms with Gasteiger partial charge in [-0.3, -0.25) is 4.52 Å². The fraction of sp³-hybridized carbons (Fsp3) is 0.600. The zero-order valence-electron chi connectivity index (χ0n) is 20.6. The lowest BCUT2D eigenvalue weighted by Gasteiger charge is -2.11. The summed E-state index contributed by atoms with van der Waals surface area (Å²) in [4.78, 5) is 26.3. The van der Waals surface area contributed by atoms with E-state index in [1.54, 1.807) is 13.0 Å². The second kappa shape index (κ2) is 14.3. The van der Waals surface area contributed by atoms with Crippen molar-refractivity contribution in [2.24, 2.45) is 0 Å². The Morgan fingerprint density at radius 3 is 1.83 bits per heavy atom. The Kier molecular flexibility index (Phi) is 11.3. The summed E-state index contributed by atoms with van der Waals surface area (Å²) in [5.41, 5.74) is 3.67. The third-order valence-electron chi connectivity index (χ3n) is 3.81. The zero-order valence-corrected chi connectivity index (χ0v) is 19.4. The van der Waals surface area contributed by atoms with E-state index in [1.807, 2.05) is 6.92 Å². The molecule has 0 bridgehead atoms. The Labute approximate surface area is 179 Å². The molecule has 29 heavy (non-hydrogen) atoms. The quantitative estimate of drug-likeness (QED) is 0.207. The van der Waals surface area contributed by atoms with E-state index in [1.165, 1.54) is 17.2 Å². The van der Waals surface area contributed by atoms with E-state index in [4.69, 9.17) is 13.9 Å². The summed E-state index contributed by atoms with van der Waals surface area (Å²) in [6.07, 6.45) is 11.4. The van der Waals surface area contributed by atoms with Crippen molar-refractivity contribution < 1.29 is 36.8 Å². The number of allylic oxidation sites excluding steroid dienone is 7. The van der Waals surface area contributed by atoms with E-state index in [-0.39, 0.29) is 6.61 Å². The van der Waals surface area contributed by atoms with Crippen molar-refractivity contribution in [1.29, 1.82) is 0 Å². The van der Waals surface area contributed by atoms with Gasteiger partial charge >= 0.3 is 15.6 Å². The van der Waals surface area contributed by atoms with Crippen molar-refractivity contribution in [1.82, 2.24) is 0 Å². The molecule has 1 atom stereocenters. The van der Waals surface area contributed by atoms with E-state index < -0.39 is 22.5 Å². The second-order valence-corrected chi connectivity index (χ2v) is 9.89. The molecular weight excluding hydrogens is 414 g/mol. The minimum absolute atomic E-state index is 0.383. The minimum Gasteiger partial charge on any atom is -0.302 e. The first-order valence-corrected chi connectivity index (χ1v) is 12.4. The summed E-state index contributed by atoms with van der Waals surface area (Å²) >= 11 is 0. The maximum Gasteiger partial charge on any atom is 0.481 e. The first-order valence-electron chi connectivity index (χ1n) is 10.9. The summed E-state index contributed by atoms with van der Waals surface area (Å²) in [6, 6.07) is 0. The van der Waals surface area contributed by atoms with Crippen LogP contribution in [-0.4, -0.2) is 21.3 Å². The van der Waals surface area contributed by atoms with Crippen molar-refractivity contribution in [3.8, 4) is 0 Å². The molecule has 168 valence electrons. The maximum absolute atomic E-state index is 11.4. The van der Waals surface area contributed by atoms with Crippen LogP contribution < -0.4 is 0 Å². The van der Waals surface area contributed by atoms with Gasteiger partial charge in [0.1, 0.15) is 0 Å². The highest BCUT2D eigenvalue weighted by atomic mass is 31.3. The summed E-state index contributed by atoms with van der Waals surface area (Å²) in [5.74, 6) is 0. The molecule has 0 aromatic carbocycles. The average Bonchev–Trinajstić information content (AvgIpc) is 2.56. The second-order valence-electron chi connectivity index (χ2n) is 7.06. The number of phosphoric ester groups is 1. The molecule has 0 radical (unpaired) electrons. The first kappa shape index (κ1) is 22.9. The molecule has 0 saturated carbocycles. The standard InChI is InChI=1S/C20H36O7P2/c1-17(2)9-6-10-18(3)11-7-12-19(4)13-8-14-20(5)15-16-26-29(24,25)27-28(21,22)23/h9,11,13,15H,6-8,10,12,14,16H2,1-5H3,(H,24,25)(H2,21,22,23)/b18-11+,19-13+,20-15+/i4D3. The number of hydrogen-bond acceptors (Lipinski definition) is 4. The lowest BCUT2D eigenvalue weighted by molar-refractivity contribution is 0.191. The van der Waals surface area contributed by atoms with E-state index in [2.05, 4.69) is 34.8 Å². The molecule has 0 spiro atoms. The van der Waals surface area contributed by atoms with Crippen molar-refractivity contribution in [2.45, 2.75) is 73.1 Å². The Hall–Kier alpha value is -0.780. The smallest absolute Gasteiger partial charge is 0.302 e. The van der Waals surface area contributed by atoms with Crippen LogP contribution in [0.5, 0.6) is 0 Å². The van der Waals surface area contributed by atoms with Crippen molar-refractivity contribution in [3.05, 3.63) is 46.6 Å². The molecule has 1 unspecified atom stereocenters. The van der Waals surface area contributed by atoms with Gasteiger partial charge in [0.15, 0.2) is 0 Å². The molecule has 0 aliphatic heterocycles. The molecule has 0 amide bonds. The van der Waals surface area contributed by atoms with Gasteiger partial charge in [0.05, 0.1) is 6.61 Å². The fourth-order valence-electron chi connectivity index (χ4n) is 2.27. The van der Waals surface area contributed by atoms with Crippen molar-refractivity contribution in [3.63, 3.8) is 0 Å². The molecule has 0 saturated heterocycles. The van der Waals surface area contributed by atoms with E-state index >= 15 is 0 Å². The van der Waals surface area contributed by atoms with Gasteiger partial charge in [-0.15, -0.1) is 0 Å². The molecule has 0 aliphatic rings. The Morgan fingerprint density at radius 2 is 1.31 bits per heavy atom. The summed E-state index contributed by atoms with van der Waals surface area (Å²) in [6.45, 7) is 5.34. The van der Waals surface area contributed by atoms with Crippen LogP contribution in [0.2, 0.25) is 0 Å². The minimum atomic E-state index is -5.15. The average molecular weight is 453 g/mol. The van der Waals surface area contributed by atoms with Gasteiger partial charge in [-0.05, 0) is 73.1 Å². The summed E-state index contributed by atoms with van der Waals surface area (Å²) in [5, 5.41) is 0. The molecule has 0 rings (SSSR count). The molecule has 0 aromatic rings. The molecule has 9 heteroatoms. The third kappa shape index (κ3) is 19.0. The van der Waals surface area contributed by atoms with Crippen LogP contribution in [0.4, 0.5) is 0 Å². The SMILES string of the molecule is [2H]C([2H])([2H])/C(=C\CC/C(C)=C/COP(=O)(O)OP(=O)(O)O)CC/C=C(\C)CCC=C(C)C. The van der Waals surface area contributed by atoms with E-state index in [0.29, 0.717) is 31.3 Å². The monoisotopic (exact) mass is 453 g/mol. The van der Waals surface area contributed by atoms with Crippen LogP contribution in [0.3, 0.4) is 0 Å². The predicted octanol–water partition coefficient (Wildman–Crippen LogP) is 6.36. The highest BCUT2D eigenvalue weighted by molar-refractivity contribution is 7.60. The van der Waals surface area contributed by atoms with Gasteiger partial charge < -0.3 is 14.7 Å². The maximum atomic E-state index is 11.4. The molecule has 7 nitrogen and oxygen atoms in total. The third-order valence-corrected chi connectivity index (χ3v) is 5.96. The first-order chi connectivity index (χ1) is 14.5. The molecule has 3 N–H and O–H groups in total. The molecule has 0 fully saturated rings. The highest BCUT2D eigenvalue weighted by Crippen LogP contribution is 2.57. The lowest BCUT2D eigenvalue weighted by Crippen LogP contribution is -1.94. The largest absolute Gasteiger partial charge is 0.481 e. The Balaban J connectivity index is 4.70. The molecule has 0 heterocycles. The van der Waals surface area contributed by atoms with Gasteiger partial charge in [-0.2, -0.15) is 4.31 Å².